The zero-order valence-electron chi connectivity index (χ0n) is 59.6. The lowest BCUT2D eigenvalue weighted by atomic mass is 9.61. The van der Waals surface area contributed by atoms with Gasteiger partial charge >= 0.3 is 0 Å². The van der Waals surface area contributed by atoms with Crippen molar-refractivity contribution in [3.05, 3.63) is 78.8 Å². The van der Waals surface area contributed by atoms with Gasteiger partial charge in [0.25, 0.3) is 0 Å². The van der Waals surface area contributed by atoms with E-state index in [0.717, 1.165) is 136 Å². The molecule has 1 saturated heterocycles. The molecule has 1 aliphatic carbocycles. The number of amidine groups is 1. The fourth-order valence-electron chi connectivity index (χ4n) is 14.4. The van der Waals surface area contributed by atoms with Crippen LogP contribution in [-0.4, -0.2) is 82.5 Å². The van der Waals surface area contributed by atoms with Crippen LogP contribution in [0.5, 0.6) is 0 Å². The SMILES string of the molecule is C=C(/N=C(\N=C(/C)Nc1ccccc1)NCCCCCCCCCC1CCC(CCCCCC)C(CCCCCC)C1CCCCCCCCCNC(CC)C(C)(CC)c1nc(Nc2ccccc2)nc(N2CCCN(C(C)(C)CC)CC2)n1)C(C)(C)CC. The maximum Gasteiger partial charge on any atom is 0.232 e. The van der Waals surface area contributed by atoms with Gasteiger partial charge in [0, 0.05) is 72.2 Å². The van der Waals surface area contributed by atoms with E-state index in [1.807, 2.05) is 25.1 Å². The number of unbranched alkanes of at least 4 members (excludes halogenated alkanes) is 18. The van der Waals surface area contributed by atoms with Gasteiger partial charge < -0.3 is 26.2 Å². The summed E-state index contributed by atoms with van der Waals surface area (Å²) in [5, 5.41) is 14.6. The number of nitrogens with one attached hydrogen (secondary N) is 4. The van der Waals surface area contributed by atoms with Crippen LogP contribution < -0.4 is 26.2 Å². The van der Waals surface area contributed by atoms with Crippen LogP contribution >= 0.6 is 0 Å². The number of hydrogen-bond donors (Lipinski definition) is 4. The minimum Gasteiger partial charge on any atom is -0.354 e. The van der Waals surface area contributed by atoms with Crippen molar-refractivity contribution in [2.45, 2.75) is 312 Å². The van der Waals surface area contributed by atoms with Crippen molar-refractivity contribution in [1.29, 1.82) is 0 Å². The molecule has 0 bridgehead atoms. The second-order valence-electron chi connectivity index (χ2n) is 28.8. The molecular formula is C78H135N11. The summed E-state index contributed by atoms with van der Waals surface area (Å²) in [5.74, 6) is 7.61. The van der Waals surface area contributed by atoms with E-state index >= 15 is 0 Å². The van der Waals surface area contributed by atoms with Crippen molar-refractivity contribution >= 4 is 35.1 Å². The van der Waals surface area contributed by atoms with Gasteiger partial charge in [-0.3, -0.25) is 4.90 Å². The van der Waals surface area contributed by atoms with Gasteiger partial charge in [-0.1, -0.05) is 247 Å². The largest absolute Gasteiger partial charge is 0.354 e. The Balaban J connectivity index is 1.09. The summed E-state index contributed by atoms with van der Waals surface area (Å²) < 4.78 is 0. The Morgan fingerprint density at radius 2 is 1.09 bits per heavy atom. The molecule has 4 N–H and O–H groups in total. The number of aliphatic imine (C=N–C) groups is 2. The van der Waals surface area contributed by atoms with Gasteiger partial charge in [-0.2, -0.15) is 15.0 Å². The summed E-state index contributed by atoms with van der Waals surface area (Å²) in [6, 6.07) is 20.9. The molecule has 2 aromatic carbocycles. The van der Waals surface area contributed by atoms with Crippen LogP contribution in [0.3, 0.4) is 0 Å². The number of anilines is 4. The highest BCUT2D eigenvalue weighted by Crippen LogP contribution is 2.48. The third-order valence-corrected chi connectivity index (χ3v) is 21.5. The highest BCUT2D eigenvalue weighted by atomic mass is 15.3. The van der Waals surface area contributed by atoms with Gasteiger partial charge in [0.15, 0.2) is 0 Å². The van der Waals surface area contributed by atoms with E-state index in [0.29, 0.717) is 11.9 Å². The molecule has 2 aliphatic rings. The van der Waals surface area contributed by atoms with Crippen molar-refractivity contribution < 1.29 is 0 Å². The van der Waals surface area contributed by atoms with Gasteiger partial charge in [-0.05, 0) is 146 Å². The van der Waals surface area contributed by atoms with E-state index in [1.54, 1.807) is 0 Å². The molecule has 2 heterocycles. The second-order valence-corrected chi connectivity index (χ2v) is 28.8. The van der Waals surface area contributed by atoms with Crippen molar-refractivity contribution in [3.63, 3.8) is 0 Å². The predicted octanol–water partition coefficient (Wildman–Crippen LogP) is 21.2. The van der Waals surface area contributed by atoms with Crippen LogP contribution in [0.25, 0.3) is 0 Å². The first-order chi connectivity index (χ1) is 43.1. The molecule has 1 aromatic heterocycles. The molecule has 0 radical (unpaired) electrons. The number of para-hydroxylation sites is 2. The smallest absolute Gasteiger partial charge is 0.232 e. The average Bonchev–Trinajstić information content (AvgIpc) is 3.76. The Morgan fingerprint density at radius 1 is 0.562 bits per heavy atom. The van der Waals surface area contributed by atoms with Crippen LogP contribution in [0.15, 0.2) is 82.9 Å². The number of guanidine groups is 1. The second kappa shape index (κ2) is 42.0. The highest BCUT2D eigenvalue weighted by Gasteiger charge is 2.39. The van der Waals surface area contributed by atoms with Crippen LogP contribution in [0.1, 0.15) is 301 Å². The molecule has 2 fully saturated rings. The Morgan fingerprint density at radius 3 is 1.63 bits per heavy atom. The van der Waals surface area contributed by atoms with E-state index < -0.39 is 0 Å². The van der Waals surface area contributed by atoms with Crippen LogP contribution in [0.2, 0.25) is 0 Å². The molecule has 1 saturated carbocycles. The summed E-state index contributed by atoms with van der Waals surface area (Å²) >= 11 is 0. The highest BCUT2D eigenvalue weighted by molar-refractivity contribution is 6.02. The molecule has 5 rings (SSSR count). The lowest BCUT2D eigenvalue weighted by Gasteiger charge is -2.44. The van der Waals surface area contributed by atoms with Gasteiger partial charge in [-0.25, -0.2) is 9.98 Å². The third kappa shape index (κ3) is 26.7. The van der Waals surface area contributed by atoms with E-state index in [1.165, 1.54) is 173 Å². The fourth-order valence-corrected chi connectivity index (χ4v) is 14.4. The van der Waals surface area contributed by atoms with Crippen LogP contribution in [0.4, 0.5) is 23.3 Å². The first-order valence-corrected chi connectivity index (χ1v) is 37.3. The average molecular weight is 1230 g/mol. The summed E-state index contributed by atoms with van der Waals surface area (Å²) in [6.45, 7) is 37.7. The lowest BCUT2D eigenvalue weighted by Crippen LogP contribution is -2.48. The zero-order valence-corrected chi connectivity index (χ0v) is 59.6. The molecule has 0 spiro atoms. The Labute approximate surface area is 547 Å². The number of allylic oxidation sites excluding steroid dienone is 1. The lowest BCUT2D eigenvalue weighted by molar-refractivity contribution is 0.0581. The van der Waals surface area contributed by atoms with Crippen molar-refractivity contribution in [3.8, 4) is 0 Å². The molecule has 502 valence electrons. The molecule has 89 heavy (non-hydrogen) atoms. The van der Waals surface area contributed by atoms with Crippen LogP contribution in [-0.2, 0) is 5.41 Å². The molecule has 11 nitrogen and oxygen atoms in total. The number of benzene rings is 2. The van der Waals surface area contributed by atoms with E-state index in [4.69, 9.17) is 24.9 Å². The Hall–Kier alpha value is -4.35. The first-order valence-electron chi connectivity index (χ1n) is 37.3. The van der Waals surface area contributed by atoms with Gasteiger partial charge in [0.2, 0.25) is 17.9 Å². The minimum absolute atomic E-state index is 0.0749. The minimum atomic E-state index is -0.246. The standard InChI is InChI=1S/C78H135N11/c1-14-20-22-36-47-65-55-56-66(48-37-30-26-24-29-33-45-58-80-73(81-63(7)76(9,10)17-4)83-64(8)82-67-49-38-34-39-50-67)70(69(65)53-42-23-21-15-2)54-43-31-27-25-28-32-44-57-79-71(16-3)78(13,19-6)72-85-74(84-68-51-40-35-41-52-68)87-75(86-72)88-59-46-60-89(62-61-88)77(11,12)18-5/h34-35,38-41,49-52,65-66,69-71,79H,7,14-33,36-37,42-48,53-62H2,1-6,8-13H3,(H2,80,81,82,83)(H,84,85,86,87). The molecule has 0 amide bonds. The van der Waals surface area contributed by atoms with Crippen molar-refractivity contribution in [2.24, 2.45) is 39.1 Å². The summed E-state index contributed by atoms with van der Waals surface area (Å²) in [4.78, 5) is 30.6. The normalized spacial score (nSPS) is 19.2. The van der Waals surface area contributed by atoms with Crippen molar-refractivity contribution in [1.82, 2.24) is 30.5 Å². The molecule has 6 atom stereocenters. The van der Waals surface area contributed by atoms with Crippen LogP contribution in [0, 0.1) is 29.1 Å². The molecule has 11 heteroatoms. The Bertz CT molecular complexity index is 2400. The summed E-state index contributed by atoms with van der Waals surface area (Å²) in [7, 11) is 0. The molecule has 6 unspecified atom stereocenters. The fraction of sp³-hybridized carbons (Fsp3) is 0.756. The first kappa shape index (κ1) is 75.4. The maximum absolute atomic E-state index is 5.39. The topological polar surface area (TPSA) is 118 Å². The number of nitrogens with zero attached hydrogens (tertiary/aromatic N) is 7. The maximum atomic E-state index is 5.39. The quantitative estimate of drug-likeness (QED) is 0.0249. The molecule has 1 aliphatic heterocycles. The summed E-state index contributed by atoms with van der Waals surface area (Å²) in [5.41, 5.74) is 2.76. The van der Waals surface area contributed by atoms with E-state index in [9.17, 15) is 0 Å². The van der Waals surface area contributed by atoms with E-state index in [2.05, 4.69) is 156 Å². The molecule has 3 aromatic rings. The van der Waals surface area contributed by atoms with Gasteiger partial charge in [0.05, 0.1) is 0 Å². The van der Waals surface area contributed by atoms with Gasteiger partial charge in [-0.15, -0.1) is 0 Å². The van der Waals surface area contributed by atoms with Gasteiger partial charge in [0.1, 0.15) is 11.7 Å². The summed E-state index contributed by atoms with van der Waals surface area (Å²) in [6.07, 6.45) is 44.0. The Kier molecular flexibility index (Phi) is 35.6. The number of rotatable bonds is 44. The number of aromatic nitrogens is 3. The molecular weight excluding hydrogens is 1090 g/mol. The number of hydrogen-bond acceptors (Lipinski definition) is 8. The monoisotopic (exact) mass is 1230 g/mol. The zero-order chi connectivity index (χ0) is 64.2. The van der Waals surface area contributed by atoms with E-state index in [-0.39, 0.29) is 22.4 Å². The van der Waals surface area contributed by atoms with Crippen molar-refractivity contribution in [2.75, 3.05) is 54.8 Å². The predicted molar refractivity (Wildman–Crippen MR) is 388 cm³/mol. The third-order valence-electron chi connectivity index (χ3n) is 21.5.